The Bertz CT molecular complexity index is 593. The van der Waals surface area contributed by atoms with Crippen molar-refractivity contribution in [2.24, 2.45) is 10.7 Å². The third kappa shape index (κ3) is 3.08. The van der Waals surface area contributed by atoms with Crippen molar-refractivity contribution in [3.63, 3.8) is 0 Å². The number of nitrogens with two attached hydrogens (primary N) is 1. The molecule has 0 bridgehead atoms. The summed E-state index contributed by atoms with van der Waals surface area (Å²) in [6.45, 7) is 7.90. The van der Waals surface area contributed by atoms with Gasteiger partial charge in [0.25, 0.3) is 0 Å². The summed E-state index contributed by atoms with van der Waals surface area (Å²) in [7, 11) is 1.04. The van der Waals surface area contributed by atoms with Gasteiger partial charge < -0.3 is 15.0 Å². The van der Waals surface area contributed by atoms with Gasteiger partial charge in [0.2, 0.25) is 0 Å². The Kier molecular flexibility index (Phi) is 4.45. The molecule has 1 aliphatic rings. The van der Waals surface area contributed by atoms with Gasteiger partial charge in [-0.2, -0.15) is 0 Å². The fraction of sp³-hybridized carbons (Fsp3) is 0.438. The van der Waals surface area contributed by atoms with Crippen LogP contribution in [0.3, 0.4) is 0 Å². The van der Waals surface area contributed by atoms with E-state index >= 15 is 0 Å². The smallest absolute Gasteiger partial charge is 0.399 e. The minimum absolute atomic E-state index is 0.308. The zero-order valence-electron chi connectivity index (χ0n) is 13.7. The van der Waals surface area contributed by atoms with Gasteiger partial charge >= 0.3 is 7.12 Å². The first-order chi connectivity index (χ1) is 10.2. The van der Waals surface area contributed by atoms with Crippen molar-refractivity contribution >= 4 is 19.0 Å². The van der Waals surface area contributed by atoms with Crippen LogP contribution in [0.4, 0.5) is 4.39 Å². The summed E-state index contributed by atoms with van der Waals surface area (Å²) in [6.07, 6.45) is 1.63. The Labute approximate surface area is 131 Å². The Morgan fingerprint density at radius 2 is 1.64 bits per heavy atom. The third-order valence-electron chi connectivity index (χ3n) is 4.24. The van der Waals surface area contributed by atoms with Crippen LogP contribution >= 0.6 is 0 Å². The third-order valence-corrected chi connectivity index (χ3v) is 4.24. The van der Waals surface area contributed by atoms with E-state index in [2.05, 4.69) is 4.99 Å². The van der Waals surface area contributed by atoms with Crippen LogP contribution in [-0.4, -0.2) is 31.6 Å². The lowest BCUT2D eigenvalue weighted by atomic mass is 9.76. The molecule has 0 unspecified atom stereocenters. The monoisotopic (exact) mass is 304 g/mol. The maximum Gasteiger partial charge on any atom is 0.498 e. The molecule has 118 valence electrons. The van der Waals surface area contributed by atoms with E-state index in [0.29, 0.717) is 16.7 Å². The zero-order chi connectivity index (χ0) is 16.5. The minimum Gasteiger partial charge on any atom is -0.399 e. The lowest BCUT2D eigenvalue weighted by Gasteiger charge is -2.32. The normalized spacial score (nSPS) is 21.3. The second kappa shape index (κ2) is 5.86. The van der Waals surface area contributed by atoms with Crippen molar-refractivity contribution in [1.29, 1.82) is 0 Å². The van der Waals surface area contributed by atoms with Gasteiger partial charge in [-0.3, -0.25) is 4.99 Å². The van der Waals surface area contributed by atoms with Gasteiger partial charge in [-0.1, -0.05) is 12.1 Å². The second-order valence-corrected chi connectivity index (χ2v) is 6.35. The number of hydrogen-bond donors (Lipinski definition) is 1. The largest absolute Gasteiger partial charge is 0.498 e. The van der Waals surface area contributed by atoms with Gasteiger partial charge in [0.1, 0.15) is 5.82 Å². The van der Waals surface area contributed by atoms with E-state index in [1.54, 1.807) is 25.4 Å². The van der Waals surface area contributed by atoms with Gasteiger partial charge in [0.15, 0.2) is 0 Å². The molecule has 4 nitrogen and oxygen atoms in total. The topological polar surface area (TPSA) is 56.8 Å². The highest BCUT2D eigenvalue weighted by atomic mass is 19.1. The lowest BCUT2D eigenvalue weighted by molar-refractivity contribution is 0.00578. The predicted molar refractivity (Wildman–Crippen MR) is 88.0 cm³/mol. The van der Waals surface area contributed by atoms with Crippen molar-refractivity contribution in [1.82, 2.24) is 0 Å². The van der Waals surface area contributed by atoms with E-state index in [9.17, 15) is 4.39 Å². The number of benzene rings is 1. The maximum absolute atomic E-state index is 13.1. The Hall–Kier alpha value is -1.66. The standard InChI is InChI=1S/C16H22BFN2O2/c1-15(2)16(3,4)22-17(21-15)13(10-20-5)14(19)11-6-8-12(18)9-7-11/h6-10H,19H2,1-5H3. The molecule has 1 aromatic carbocycles. The lowest BCUT2D eigenvalue weighted by Crippen LogP contribution is -2.41. The first kappa shape index (κ1) is 16.7. The summed E-state index contributed by atoms with van der Waals surface area (Å²) in [5, 5.41) is 0. The van der Waals surface area contributed by atoms with Crippen LogP contribution in [0.2, 0.25) is 0 Å². The Morgan fingerprint density at radius 3 is 2.09 bits per heavy atom. The molecule has 1 aliphatic heterocycles. The van der Waals surface area contributed by atoms with E-state index < -0.39 is 18.3 Å². The van der Waals surface area contributed by atoms with Gasteiger partial charge in [-0.05, 0) is 45.4 Å². The van der Waals surface area contributed by atoms with Gasteiger partial charge in [0.05, 0.1) is 11.2 Å². The number of aliphatic imine (C=N–C) groups is 1. The summed E-state index contributed by atoms with van der Waals surface area (Å²) in [5.74, 6) is -0.308. The van der Waals surface area contributed by atoms with E-state index in [1.165, 1.54) is 12.1 Å². The van der Waals surface area contributed by atoms with Crippen molar-refractivity contribution in [2.75, 3.05) is 7.05 Å². The van der Waals surface area contributed by atoms with E-state index in [-0.39, 0.29) is 5.82 Å². The molecule has 0 aliphatic carbocycles. The quantitative estimate of drug-likeness (QED) is 0.690. The highest BCUT2D eigenvalue weighted by molar-refractivity contribution is 6.62. The van der Waals surface area contributed by atoms with E-state index in [1.807, 2.05) is 27.7 Å². The molecule has 1 heterocycles. The average Bonchev–Trinajstić information content (AvgIpc) is 2.64. The summed E-state index contributed by atoms with van der Waals surface area (Å²) in [6, 6.07) is 5.99. The molecule has 1 fully saturated rings. The van der Waals surface area contributed by atoms with Crippen LogP contribution in [-0.2, 0) is 9.31 Å². The minimum atomic E-state index is -0.612. The van der Waals surface area contributed by atoms with Gasteiger partial charge in [-0.15, -0.1) is 0 Å². The molecule has 0 atom stereocenters. The summed E-state index contributed by atoms with van der Waals surface area (Å²) >= 11 is 0. The van der Waals surface area contributed by atoms with Crippen molar-refractivity contribution in [3.05, 3.63) is 41.1 Å². The van der Waals surface area contributed by atoms with Crippen LogP contribution in [0.15, 0.2) is 34.7 Å². The molecule has 22 heavy (non-hydrogen) atoms. The molecular weight excluding hydrogens is 282 g/mol. The van der Waals surface area contributed by atoms with Crippen LogP contribution < -0.4 is 5.73 Å². The van der Waals surface area contributed by atoms with Crippen LogP contribution in [0.1, 0.15) is 33.3 Å². The molecular formula is C16H22BFN2O2. The fourth-order valence-corrected chi connectivity index (χ4v) is 2.16. The van der Waals surface area contributed by atoms with Crippen molar-refractivity contribution < 1.29 is 13.7 Å². The summed E-state index contributed by atoms with van der Waals surface area (Å²) < 4.78 is 25.1. The predicted octanol–water partition coefficient (Wildman–Crippen LogP) is 2.83. The average molecular weight is 304 g/mol. The molecule has 0 radical (unpaired) electrons. The SMILES string of the molecule is CN=CC(B1OC(C)(C)C(C)(C)O1)=C(N)c1ccc(F)cc1. The molecule has 1 aromatic rings. The molecule has 2 N–H and O–H groups in total. The van der Waals surface area contributed by atoms with Crippen molar-refractivity contribution in [3.8, 4) is 0 Å². The first-order valence-corrected chi connectivity index (χ1v) is 7.21. The number of rotatable bonds is 3. The van der Waals surface area contributed by atoms with E-state index in [4.69, 9.17) is 15.0 Å². The number of allylic oxidation sites excluding steroid dienone is 1. The zero-order valence-corrected chi connectivity index (χ0v) is 13.7. The van der Waals surface area contributed by atoms with E-state index in [0.717, 1.165) is 0 Å². The Morgan fingerprint density at radius 1 is 1.14 bits per heavy atom. The summed E-state index contributed by atoms with van der Waals surface area (Å²) in [5.41, 5.74) is 7.10. The Balaban J connectivity index is 2.43. The number of nitrogens with zero attached hydrogens (tertiary/aromatic N) is 1. The molecule has 2 rings (SSSR count). The highest BCUT2D eigenvalue weighted by Crippen LogP contribution is 2.39. The number of halogens is 1. The molecule has 0 saturated carbocycles. The fourth-order valence-electron chi connectivity index (χ4n) is 2.16. The highest BCUT2D eigenvalue weighted by Gasteiger charge is 2.52. The first-order valence-electron chi connectivity index (χ1n) is 7.21. The molecule has 1 saturated heterocycles. The van der Waals surface area contributed by atoms with Crippen LogP contribution in [0.5, 0.6) is 0 Å². The number of hydrogen-bond acceptors (Lipinski definition) is 4. The van der Waals surface area contributed by atoms with Gasteiger partial charge in [0, 0.05) is 24.4 Å². The molecule has 0 spiro atoms. The molecule has 6 heteroatoms. The van der Waals surface area contributed by atoms with Crippen LogP contribution in [0.25, 0.3) is 5.70 Å². The second-order valence-electron chi connectivity index (χ2n) is 6.35. The van der Waals surface area contributed by atoms with Crippen LogP contribution in [0, 0.1) is 5.82 Å². The maximum atomic E-state index is 13.1. The molecule has 0 amide bonds. The van der Waals surface area contributed by atoms with Gasteiger partial charge in [-0.25, -0.2) is 4.39 Å². The molecule has 0 aromatic heterocycles. The summed E-state index contributed by atoms with van der Waals surface area (Å²) in [4.78, 5) is 4.04. The van der Waals surface area contributed by atoms with Crippen molar-refractivity contribution in [2.45, 2.75) is 38.9 Å².